The van der Waals surface area contributed by atoms with Crippen molar-refractivity contribution in [1.82, 2.24) is 15.1 Å². The fourth-order valence-electron chi connectivity index (χ4n) is 2.32. The Morgan fingerprint density at radius 3 is 2.36 bits per heavy atom. The lowest BCUT2D eigenvalue weighted by molar-refractivity contribution is -0.141. The highest BCUT2D eigenvalue weighted by Crippen LogP contribution is 2.34. The number of nitrogens with one attached hydrogen (secondary N) is 1. The lowest BCUT2D eigenvalue weighted by Crippen LogP contribution is -2.32. The van der Waals surface area contributed by atoms with Crippen LogP contribution in [-0.4, -0.2) is 35.7 Å². The fraction of sp³-hybridized carbons (Fsp3) is 0.444. The molecule has 2 aromatic rings. The highest BCUT2D eigenvalue weighted by molar-refractivity contribution is 5.67. The maximum absolute atomic E-state index is 13.0. The predicted octanol–water partition coefficient (Wildman–Crippen LogP) is 3.93. The van der Waals surface area contributed by atoms with E-state index in [9.17, 15) is 18.0 Å². The minimum atomic E-state index is -4.61. The van der Waals surface area contributed by atoms with Gasteiger partial charge >= 0.3 is 12.3 Å². The van der Waals surface area contributed by atoms with Crippen molar-refractivity contribution in [3.05, 3.63) is 35.5 Å². The van der Waals surface area contributed by atoms with Crippen LogP contribution in [0, 0.1) is 0 Å². The average molecular weight is 401 g/mol. The molecule has 0 aliphatic heterocycles. The molecule has 1 heterocycles. The molecular formula is C18H22F3N3O4. The molecule has 0 atom stereocenters. The summed E-state index contributed by atoms with van der Waals surface area (Å²) >= 11 is 0. The molecule has 0 spiro atoms. The molecule has 28 heavy (non-hydrogen) atoms. The molecule has 7 nitrogen and oxygen atoms in total. The van der Waals surface area contributed by atoms with Crippen molar-refractivity contribution in [3.8, 4) is 17.3 Å². The Morgan fingerprint density at radius 1 is 1.14 bits per heavy atom. The van der Waals surface area contributed by atoms with E-state index in [1.54, 1.807) is 32.9 Å². The summed E-state index contributed by atoms with van der Waals surface area (Å²) in [6, 6.07) is 5.54. The zero-order valence-corrected chi connectivity index (χ0v) is 16.2. The Bertz CT molecular complexity index is 842. The second-order valence-electron chi connectivity index (χ2n) is 6.84. The summed E-state index contributed by atoms with van der Waals surface area (Å²) in [4.78, 5) is 11.8. The summed E-state index contributed by atoms with van der Waals surface area (Å²) in [5.41, 5.74) is -0.787. The Labute approximate surface area is 160 Å². The summed E-state index contributed by atoms with van der Waals surface area (Å²) in [6.07, 6.45) is -5.19. The molecule has 1 amide bonds. The molecule has 0 aliphatic rings. The van der Waals surface area contributed by atoms with Crippen LogP contribution < -0.4 is 14.8 Å². The number of ether oxygens (including phenoxy) is 3. The lowest BCUT2D eigenvalue weighted by Gasteiger charge is -2.20. The molecule has 0 saturated carbocycles. The summed E-state index contributed by atoms with van der Waals surface area (Å²) < 4.78 is 55.3. The van der Waals surface area contributed by atoms with Crippen LogP contribution in [0.3, 0.4) is 0 Å². The van der Waals surface area contributed by atoms with Crippen LogP contribution in [0.2, 0.25) is 0 Å². The Hall–Kier alpha value is -2.91. The number of halogens is 3. The van der Waals surface area contributed by atoms with E-state index < -0.39 is 23.6 Å². The van der Waals surface area contributed by atoms with Crippen LogP contribution in [0.25, 0.3) is 5.69 Å². The van der Waals surface area contributed by atoms with E-state index in [4.69, 9.17) is 14.2 Å². The van der Waals surface area contributed by atoms with Crippen LogP contribution in [-0.2, 0) is 17.5 Å². The van der Waals surface area contributed by atoms with E-state index in [0.29, 0.717) is 5.56 Å². The van der Waals surface area contributed by atoms with Crippen LogP contribution in [0.4, 0.5) is 18.0 Å². The van der Waals surface area contributed by atoms with Crippen LogP contribution in [0.1, 0.15) is 32.0 Å². The highest BCUT2D eigenvalue weighted by Gasteiger charge is 2.35. The molecule has 1 aromatic carbocycles. The van der Waals surface area contributed by atoms with Crippen molar-refractivity contribution >= 4 is 6.09 Å². The van der Waals surface area contributed by atoms with E-state index in [1.165, 1.54) is 20.3 Å². The molecular weight excluding hydrogens is 379 g/mol. The topological polar surface area (TPSA) is 74.6 Å². The predicted molar refractivity (Wildman–Crippen MR) is 94.7 cm³/mol. The summed E-state index contributed by atoms with van der Waals surface area (Å²) in [5, 5.41) is 6.17. The van der Waals surface area contributed by atoms with Crippen molar-refractivity contribution in [2.75, 3.05) is 14.2 Å². The zero-order chi connectivity index (χ0) is 21.1. The first-order chi connectivity index (χ1) is 12.9. The molecule has 0 bridgehead atoms. The van der Waals surface area contributed by atoms with Gasteiger partial charge < -0.3 is 19.5 Å². The number of hydrogen-bond donors (Lipinski definition) is 1. The van der Waals surface area contributed by atoms with Gasteiger partial charge in [0.15, 0.2) is 5.69 Å². The Balaban J connectivity index is 2.27. The molecule has 0 saturated heterocycles. The third-order valence-electron chi connectivity index (χ3n) is 3.48. The smallest absolute Gasteiger partial charge is 0.435 e. The van der Waals surface area contributed by atoms with Gasteiger partial charge in [0.25, 0.3) is 0 Å². The van der Waals surface area contributed by atoms with E-state index >= 15 is 0 Å². The largest absolute Gasteiger partial charge is 0.494 e. The number of amides is 1. The molecule has 10 heteroatoms. The quantitative estimate of drug-likeness (QED) is 0.822. The SMILES string of the molecule is COc1cc(CNC(=O)OC(C)(C)C)ccc1-n1nc(C(F)(F)F)cc1OC. The van der Waals surface area contributed by atoms with Gasteiger partial charge in [-0.15, -0.1) is 0 Å². The molecule has 0 aliphatic carbocycles. The first kappa shape index (κ1) is 21.4. The van der Waals surface area contributed by atoms with Crippen molar-refractivity contribution < 1.29 is 32.2 Å². The van der Waals surface area contributed by atoms with Gasteiger partial charge in [0, 0.05) is 12.6 Å². The molecule has 1 N–H and O–H groups in total. The molecule has 0 fully saturated rings. The maximum atomic E-state index is 13.0. The lowest BCUT2D eigenvalue weighted by atomic mass is 10.2. The zero-order valence-electron chi connectivity index (χ0n) is 16.2. The number of methoxy groups -OCH3 is 2. The number of carbonyl (C=O) groups is 1. The van der Waals surface area contributed by atoms with Crippen LogP contribution in [0.5, 0.6) is 11.6 Å². The number of rotatable bonds is 5. The number of hydrogen-bond acceptors (Lipinski definition) is 5. The van der Waals surface area contributed by atoms with Gasteiger partial charge in [-0.1, -0.05) is 6.07 Å². The van der Waals surface area contributed by atoms with Gasteiger partial charge in [0.1, 0.15) is 17.0 Å². The van der Waals surface area contributed by atoms with Crippen molar-refractivity contribution in [3.63, 3.8) is 0 Å². The monoisotopic (exact) mass is 401 g/mol. The standard InChI is InChI=1S/C18H22F3N3O4/c1-17(2,3)28-16(25)22-10-11-6-7-12(13(8-11)26-4)24-15(27-5)9-14(23-24)18(19,20)21/h6-9H,10H2,1-5H3,(H,22,25). The summed E-state index contributed by atoms with van der Waals surface area (Å²) in [6.45, 7) is 5.39. The second kappa shape index (κ2) is 7.99. The van der Waals surface area contributed by atoms with Gasteiger partial charge in [-0.25, -0.2) is 4.79 Å². The van der Waals surface area contributed by atoms with Crippen molar-refractivity contribution in [2.45, 2.75) is 39.1 Å². The normalized spacial score (nSPS) is 11.9. The number of alkyl carbamates (subject to hydrolysis) is 1. The van der Waals surface area contributed by atoms with Gasteiger partial charge in [-0.3, -0.25) is 0 Å². The van der Waals surface area contributed by atoms with Gasteiger partial charge in [0.2, 0.25) is 5.88 Å². The minimum Gasteiger partial charge on any atom is -0.494 e. The van der Waals surface area contributed by atoms with Crippen LogP contribution >= 0.6 is 0 Å². The third kappa shape index (κ3) is 5.30. The maximum Gasteiger partial charge on any atom is 0.435 e. The number of benzene rings is 1. The van der Waals surface area contributed by atoms with Crippen molar-refractivity contribution in [1.29, 1.82) is 0 Å². The summed E-state index contributed by atoms with van der Waals surface area (Å²) in [5.74, 6) is 0.170. The van der Waals surface area contributed by atoms with Gasteiger partial charge in [0.05, 0.1) is 14.2 Å². The third-order valence-corrected chi connectivity index (χ3v) is 3.48. The first-order valence-corrected chi connectivity index (χ1v) is 8.30. The highest BCUT2D eigenvalue weighted by atomic mass is 19.4. The van der Waals surface area contributed by atoms with Crippen LogP contribution in [0.15, 0.2) is 24.3 Å². The number of aromatic nitrogens is 2. The molecule has 2 rings (SSSR count). The van der Waals surface area contributed by atoms with Gasteiger partial charge in [-0.05, 0) is 38.5 Å². The second-order valence-corrected chi connectivity index (χ2v) is 6.84. The molecule has 154 valence electrons. The number of alkyl halides is 3. The average Bonchev–Trinajstić information content (AvgIpc) is 3.02. The molecule has 0 radical (unpaired) electrons. The van der Waals surface area contributed by atoms with E-state index in [1.807, 2.05) is 0 Å². The molecule has 1 aromatic heterocycles. The first-order valence-electron chi connectivity index (χ1n) is 8.30. The number of carbonyl (C=O) groups excluding carboxylic acids is 1. The fourth-order valence-corrected chi connectivity index (χ4v) is 2.32. The Morgan fingerprint density at radius 2 is 1.82 bits per heavy atom. The van der Waals surface area contributed by atoms with Gasteiger partial charge in [-0.2, -0.15) is 23.0 Å². The Kier molecular flexibility index (Phi) is 6.10. The minimum absolute atomic E-state index is 0.0924. The summed E-state index contributed by atoms with van der Waals surface area (Å²) in [7, 11) is 2.63. The number of nitrogens with zero attached hydrogens (tertiary/aromatic N) is 2. The van der Waals surface area contributed by atoms with E-state index in [2.05, 4.69) is 10.4 Å². The molecule has 0 unspecified atom stereocenters. The van der Waals surface area contributed by atoms with E-state index in [0.717, 1.165) is 10.7 Å². The van der Waals surface area contributed by atoms with Crippen molar-refractivity contribution in [2.24, 2.45) is 0 Å². The van der Waals surface area contributed by atoms with E-state index in [-0.39, 0.29) is 23.9 Å².